The van der Waals surface area contributed by atoms with Crippen molar-refractivity contribution in [2.45, 2.75) is 6.92 Å². The molecule has 0 aliphatic carbocycles. The van der Waals surface area contributed by atoms with Crippen molar-refractivity contribution in [3.8, 4) is 5.75 Å². The molecule has 0 saturated heterocycles. The van der Waals surface area contributed by atoms with E-state index in [2.05, 4.69) is 15.3 Å². The van der Waals surface area contributed by atoms with E-state index < -0.39 is 0 Å². The van der Waals surface area contributed by atoms with E-state index in [1.54, 1.807) is 24.5 Å². The minimum atomic E-state index is 0.243. The maximum atomic E-state index is 6.03. The highest BCUT2D eigenvalue weighted by Crippen LogP contribution is 2.33. The molecule has 3 rings (SSSR count). The first-order valence-corrected chi connectivity index (χ1v) is 7.40. The molecule has 0 fully saturated rings. The van der Waals surface area contributed by atoms with Crippen LogP contribution in [0.4, 0.5) is 17.5 Å². The lowest BCUT2D eigenvalue weighted by molar-refractivity contribution is 0.415. The van der Waals surface area contributed by atoms with Crippen LogP contribution in [-0.4, -0.2) is 17.1 Å². The first-order valence-electron chi connectivity index (χ1n) is 6.21. The van der Waals surface area contributed by atoms with Gasteiger partial charge in [0.05, 0.1) is 17.5 Å². The number of rotatable bonds is 3. The first-order chi connectivity index (χ1) is 10.1. The number of benzene rings is 1. The standard InChI is InChI=1S/C14H13ClN4OS/c1-7-5-9-12(18-14(16)19-13(9)21-7)17-8-3-4-10(15)11(6-8)20-2/h3-6H,1-2H3,(H3,16,17,18,19). The number of nitrogens with one attached hydrogen (secondary N) is 1. The molecule has 0 spiro atoms. The summed E-state index contributed by atoms with van der Waals surface area (Å²) < 4.78 is 5.21. The molecule has 21 heavy (non-hydrogen) atoms. The van der Waals surface area contributed by atoms with Gasteiger partial charge in [0.15, 0.2) is 0 Å². The number of ether oxygens (including phenoxy) is 1. The van der Waals surface area contributed by atoms with Crippen molar-refractivity contribution in [1.29, 1.82) is 0 Å². The molecular formula is C14H13ClN4OS. The first kappa shape index (κ1) is 13.9. The summed E-state index contributed by atoms with van der Waals surface area (Å²) >= 11 is 7.61. The Hall–Kier alpha value is -2.05. The van der Waals surface area contributed by atoms with E-state index in [9.17, 15) is 0 Å². The average Bonchev–Trinajstić information content (AvgIpc) is 2.81. The largest absolute Gasteiger partial charge is 0.495 e. The smallest absolute Gasteiger partial charge is 0.223 e. The molecule has 0 radical (unpaired) electrons. The van der Waals surface area contributed by atoms with Gasteiger partial charge < -0.3 is 15.8 Å². The van der Waals surface area contributed by atoms with E-state index in [4.69, 9.17) is 22.1 Å². The Labute approximate surface area is 130 Å². The predicted molar refractivity (Wildman–Crippen MR) is 87.9 cm³/mol. The molecule has 3 aromatic rings. The summed E-state index contributed by atoms with van der Waals surface area (Å²) in [6.07, 6.45) is 0. The van der Waals surface area contributed by atoms with Crippen molar-refractivity contribution in [1.82, 2.24) is 9.97 Å². The number of hydrogen-bond acceptors (Lipinski definition) is 6. The highest BCUT2D eigenvalue weighted by Gasteiger charge is 2.10. The number of thiophene rings is 1. The molecule has 0 amide bonds. The van der Waals surface area contributed by atoms with Crippen LogP contribution in [0, 0.1) is 6.92 Å². The van der Waals surface area contributed by atoms with Gasteiger partial charge >= 0.3 is 0 Å². The van der Waals surface area contributed by atoms with Gasteiger partial charge in [-0.2, -0.15) is 4.98 Å². The zero-order valence-electron chi connectivity index (χ0n) is 11.5. The Morgan fingerprint density at radius 3 is 2.86 bits per heavy atom. The number of aromatic nitrogens is 2. The lowest BCUT2D eigenvalue weighted by Gasteiger charge is -2.10. The van der Waals surface area contributed by atoms with Crippen LogP contribution in [0.25, 0.3) is 10.2 Å². The summed E-state index contributed by atoms with van der Waals surface area (Å²) in [5.74, 6) is 1.51. The molecule has 7 heteroatoms. The van der Waals surface area contributed by atoms with Crippen LogP contribution in [0.5, 0.6) is 5.75 Å². The molecule has 0 bridgehead atoms. The Bertz CT molecular complexity index is 818. The van der Waals surface area contributed by atoms with Gasteiger partial charge in [0.1, 0.15) is 16.4 Å². The Morgan fingerprint density at radius 2 is 2.10 bits per heavy atom. The van der Waals surface area contributed by atoms with Crippen molar-refractivity contribution >= 4 is 50.6 Å². The molecule has 0 unspecified atom stereocenters. The van der Waals surface area contributed by atoms with Crippen LogP contribution < -0.4 is 15.8 Å². The van der Waals surface area contributed by atoms with E-state index in [0.717, 1.165) is 20.8 Å². The minimum Gasteiger partial charge on any atom is -0.495 e. The van der Waals surface area contributed by atoms with E-state index in [-0.39, 0.29) is 5.95 Å². The number of halogens is 1. The van der Waals surface area contributed by atoms with Crippen LogP contribution >= 0.6 is 22.9 Å². The van der Waals surface area contributed by atoms with Gasteiger partial charge in [0.25, 0.3) is 0 Å². The Balaban J connectivity index is 2.05. The van der Waals surface area contributed by atoms with Gasteiger partial charge in [-0.3, -0.25) is 0 Å². The van der Waals surface area contributed by atoms with Crippen LogP contribution in [0.2, 0.25) is 5.02 Å². The second-order valence-electron chi connectivity index (χ2n) is 4.48. The molecule has 0 atom stereocenters. The molecule has 0 aliphatic rings. The third kappa shape index (κ3) is 2.72. The summed E-state index contributed by atoms with van der Waals surface area (Å²) in [6.45, 7) is 2.03. The van der Waals surface area contributed by atoms with Crippen LogP contribution in [0.1, 0.15) is 4.88 Å². The molecule has 3 N–H and O–H groups in total. The highest BCUT2D eigenvalue weighted by atomic mass is 35.5. The number of nitrogens with zero attached hydrogens (tertiary/aromatic N) is 2. The average molecular weight is 321 g/mol. The maximum Gasteiger partial charge on any atom is 0.223 e. The number of fused-ring (bicyclic) bond motifs is 1. The fourth-order valence-electron chi connectivity index (χ4n) is 2.03. The second-order valence-corrected chi connectivity index (χ2v) is 6.12. The zero-order valence-corrected chi connectivity index (χ0v) is 13.0. The Morgan fingerprint density at radius 1 is 1.29 bits per heavy atom. The second kappa shape index (κ2) is 5.38. The lowest BCUT2D eigenvalue weighted by Crippen LogP contribution is -2.00. The molecule has 1 aromatic carbocycles. The number of hydrogen-bond donors (Lipinski definition) is 2. The van der Waals surface area contributed by atoms with E-state index in [1.807, 2.05) is 25.1 Å². The maximum absolute atomic E-state index is 6.03. The topological polar surface area (TPSA) is 73.1 Å². The van der Waals surface area contributed by atoms with Gasteiger partial charge in [-0.1, -0.05) is 11.6 Å². The molecular weight excluding hydrogens is 308 g/mol. The number of nitrogen functional groups attached to an aromatic ring is 1. The number of aryl methyl sites for hydroxylation is 1. The van der Waals surface area contributed by atoms with Gasteiger partial charge in [-0.05, 0) is 25.1 Å². The van der Waals surface area contributed by atoms with Gasteiger partial charge in [0.2, 0.25) is 5.95 Å². The number of methoxy groups -OCH3 is 1. The normalized spacial score (nSPS) is 10.8. The summed E-state index contributed by atoms with van der Waals surface area (Å²) in [6, 6.07) is 7.47. The van der Waals surface area contributed by atoms with Crippen molar-refractivity contribution < 1.29 is 4.74 Å². The monoisotopic (exact) mass is 320 g/mol. The predicted octanol–water partition coefficient (Wildman–Crippen LogP) is 3.99. The molecule has 2 aromatic heterocycles. The van der Waals surface area contributed by atoms with E-state index in [1.165, 1.54) is 0 Å². The fraction of sp³-hybridized carbons (Fsp3) is 0.143. The van der Waals surface area contributed by atoms with Crippen molar-refractivity contribution in [3.63, 3.8) is 0 Å². The number of anilines is 3. The van der Waals surface area contributed by atoms with Crippen LogP contribution in [0.3, 0.4) is 0 Å². The van der Waals surface area contributed by atoms with Crippen molar-refractivity contribution in [2.24, 2.45) is 0 Å². The summed E-state index contributed by atoms with van der Waals surface area (Å²) in [5.41, 5.74) is 6.59. The quantitative estimate of drug-likeness (QED) is 0.763. The van der Waals surface area contributed by atoms with Gasteiger partial charge in [-0.15, -0.1) is 11.3 Å². The van der Waals surface area contributed by atoms with Crippen molar-refractivity contribution in [2.75, 3.05) is 18.2 Å². The Kier molecular flexibility index (Phi) is 3.57. The SMILES string of the molecule is COc1cc(Nc2nc(N)nc3sc(C)cc23)ccc1Cl. The van der Waals surface area contributed by atoms with E-state index in [0.29, 0.717) is 16.6 Å². The molecule has 0 saturated carbocycles. The van der Waals surface area contributed by atoms with Crippen LogP contribution in [-0.2, 0) is 0 Å². The summed E-state index contributed by atoms with van der Waals surface area (Å²) in [5, 5.41) is 4.74. The van der Waals surface area contributed by atoms with Crippen LogP contribution in [0.15, 0.2) is 24.3 Å². The molecule has 5 nitrogen and oxygen atoms in total. The summed E-state index contributed by atoms with van der Waals surface area (Å²) in [4.78, 5) is 10.5. The molecule has 108 valence electrons. The van der Waals surface area contributed by atoms with E-state index >= 15 is 0 Å². The third-order valence-electron chi connectivity index (χ3n) is 2.95. The number of nitrogens with two attached hydrogens (primary N) is 1. The highest BCUT2D eigenvalue weighted by molar-refractivity contribution is 7.18. The summed E-state index contributed by atoms with van der Waals surface area (Å²) in [7, 11) is 1.58. The van der Waals surface area contributed by atoms with Crippen molar-refractivity contribution in [3.05, 3.63) is 34.2 Å². The van der Waals surface area contributed by atoms with Gasteiger partial charge in [-0.25, -0.2) is 4.98 Å². The minimum absolute atomic E-state index is 0.243. The lowest BCUT2D eigenvalue weighted by atomic mass is 10.2. The molecule has 2 heterocycles. The van der Waals surface area contributed by atoms with Gasteiger partial charge in [0, 0.05) is 16.6 Å². The third-order valence-corrected chi connectivity index (χ3v) is 4.20. The zero-order chi connectivity index (χ0) is 15.0. The fourth-order valence-corrected chi connectivity index (χ4v) is 3.11. The molecule has 0 aliphatic heterocycles.